The first-order chi connectivity index (χ1) is 11.9. The minimum absolute atomic E-state index is 0.0321. The normalized spacial score (nSPS) is 16.7. The molecule has 0 atom stereocenters. The number of carbonyl (C=O) groups excluding carboxylic acids is 1. The van der Waals surface area contributed by atoms with Crippen molar-refractivity contribution in [1.82, 2.24) is 9.62 Å². The van der Waals surface area contributed by atoms with Crippen LogP contribution in [0.5, 0.6) is 0 Å². The summed E-state index contributed by atoms with van der Waals surface area (Å²) in [6.45, 7) is 4.34. The molecule has 1 aromatic carbocycles. The summed E-state index contributed by atoms with van der Waals surface area (Å²) in [4.78, 5) is 12.2. The van der Waals surface area contributed by atoms with Gasteiger partial charge in [0.2, 0.25) is 15.9 Å². The third-order valence-electron chi connectivity index (χ3n) is 4.24. The van der Waals surface area contributed by atoms with Crippen LogP contribution in [0.15, 0.2) is 29.2 Å². The topological polar surface area (TPSA) is 75.7 Å². The van der Waals surface area contributed by atoms with E-state index < -0.39 is 15.8 Å². The van der Waals surface area contributed by atoms with Gasteiger partial charge < -0.3 is 10.1 Å². The molecule has 1 fully saturated rings. The van der Waals surface area contributed by atoms with E-state index in [1.54, 1.807) is 0 Å². The van der Waals surface area contributed by atoms with E-state index in [9.17, 15) is 17.6 Å². The maximum absolute atomic E-state index is 13.0. The Bertz CT molecular complexity index is 656. The molecule has 0 unspecified atom stereocenters. The van der Waals surface area contributed by atoms with Crippen LogP contribution in [0.4, 0.5) is 4.39 Å². The van der Waals surface area contributed by atoms with E-state index in [1.165, 1.54) is 16.4 Å². The fraction of sp³-hybridized carbons (Fsp3) is 0.588. The molecule has 1 amide bonds. The van der Waals surface area contributed by atoms with E-state index in [4.69, 9.17) is 4.74 Å². The summed E-state index contributed by atoms with van der Waals surface area (Å²) < 4.78 is 44.6. The lowest BCUT2D eigenvalue weighted by molar-refractivity contribution is -0.126. The number of carbonyl (C=O) groups is 1. The first-order valence-electron chi connectivity index (χ1n) is 8.56. The van der Waals surface area contributed by atoms with Gasteiger partial charge in [0.15, 0.2) is 0 Å². The highest BCUT2D eigenvalue weighted by Gasteiger charge is 2.31. The molecule has 2 rings (SSSR count). The third kappa shape index (κ3) is 5.49. The van der Waals surface area contributed by atoms with Crippen LogP contribution in [0.2, 0.25) is 0 Å². The average molecular weight is 372 g/mol. The van der Waals surface area contributed by atoms with Crippen LogP contribution in [-0.2, 0) is 19.6 Å². The van der Waals surface area contributed by atoms with Crippen molar-refractivity contribution in [2.45, 2.75) is 31.1 Å². The van der Waals surface area contributed by atoms with Gasteiger partial charge in [-0.1, -0.05) is 0 Å². The molecule has 1 aliphatic rings. The van der Waals surface area contributed by atoms with Crippen molar-refractivity contribution in [1.29, 1.82) is 0 Å². The molecule has 1 aromatic rings. The number of halogens is 1. The fourth-order valence-corrected chi connectivity index (χ4v) is 4.26. The maximum atomic E-state index is 13.0. The van der Waals surface area contributed by atoms with Crippen molar-refractivity contribution in [3.63, 3.8) is 0 Å². The number of hydrogen-bond acceptors (Lipinski definition) is 4. The second-order valence-corrected chi connectivity index (χ2v) is 7.91. The summed E-state index contributed by atoms with van der Waals surface area (Å²) >= 11 is 0. The highest BCUT2D eigenvalue weighted by molar-refractivity contribution is 7.89. The first kappa shape index (κ1) is 19.8. The van der Waals surface area contributed by atoms with Gasteiger partial charge in [0, 0.05) is 38.8 Å². The maximum Gasteiger partial charge on any atom is 0.243 e. The average Bonchev–Trinajstić information content (AvgIpc) is 2.62. The number of sulfonamides is 1. The number of amides is 1. The predicted molar refractivity (Wildman–Crippen MR) is 92.0 cm³/mol. The molecule has 0 radical (unpaired) electrons. The van der Waals surface area contributed by atoms with Gasteiger partial charge in [-0.25, -0.2) is 12.8 Å². The molecule has 6 nitrogen and oxygen atoms in total. The van der Waals surface area contributed by atoms with Gasteiger partial charge >= 0.3 is 0 Å². The van der Waals surface area contributed by atoms with Gasteiger partial charge in [-0.05, 0) is 50.5 Å². The van der Waals surface area contributed by atoms with Crippen LogP contribution in [-0.4, -0.2) is 51.5 Å². The molecule has 140 valence electrons. The highest BCUT2D eigenvalue weighted by atomic mass is 32.2. The van der Waals surface area contributed by atoms with Crippen LogP contribution in [0.3, 0.4) is 0 Å². The van der Waals surface area contributed by atoms with E-state index in [-0.39, 0.29) is 29.8 Å². The van der Waals surface area contributed by atoms with Crippen LogP contribution in [0, 0.1) is 11.7 Å². The van der Waals surface area contributed by atoms with Crippen molar-refractivity contribution in [3.05, 3.63) is 30.1 Å². The van der Waals surface area contributed by atoms with Crippen molar-refractivity contribution >= 4 is 15.9 Å². The van der Waals surface area contributed by atoms with Crippen LogP contribution >= 0.6 is 0 Å². The van der Waals surface area contributed by atoms with Crippen molar-refractivity contribution in [2.75, 3.05) is 32.8 Å². The SMILES string of the molecule is CCOCCCNC(=O)C1CCN(S(=O)(=O)c2ccc(F)cc2)CC1. The largest absolute Gasteiger partial charge is 0.382 e. The Morgan fingerprint density at radius 3 is 2.52 bits per heavy atom. The van der Waals surface area contributed by atoms with Gasteiger partial charge in [0.1, 0.15) is 5.82 Å². The number of hydrogen-bond donors (Lipinski definition) is 1. The zero-order valence-electron chi connectivity index (χ0n) is 14.4. The second kappa shape index (κ2) is 9.26. The number of rotatable bonds is 8. The van der Waals surface area contributed by atoms with E-state index >= 15 is 0 Å². The number of ether oxygens (including phenoxy) is 1. The molecule has 1 N–H and O–H groups in total. The van der Waals surface area contributed by atoms with E-state index in [0.29, 0.717) is 32.6 Å². The van der Waals surface area contributed by atoms with E-state index in [0.717, 1.165) is 18.6 Å². The highest BCUT2D eigenvalue weighted by Crippen LogP contribution is 2.24. The summed E-state index contributed by atoms with van der Waals surface area (Å²) in [5.41, 5.74) is 0. The summed E-state index contributed by atoms with van der Waals surface area (Å²) in [5, 5.41) is 2.87. The smallest absolute Gasteiger partial charge is 0.243 e. The molecule has 0 aromatic heterocycles. The molecule has 0 spiro atoms. The standard InChI is InChI=1S/C17H25FN2O4S/c1-2-24-13-3-10-19-17(21)14-8-11-20(12-9-14)25(22,23)16-6-4-15(18)5-7-16/h4-7,14H,2-3,8-13H2,1H3,(H,19,21). The number of nitrogens with one attached hydrogen (secondary N) is 1. The monoisotopic (exact) mass is 372 g/mol. The minimum Gasteiger partial charge on any atom is -0.382 e. The van der Waals surface area contributed by atoms with E-state index in [2.05, 4.69) is 5.32 Å². The zero-order valence-corrected chi connectivity index (χ0v) is 15.2. The Hall–Kier alpha value is -1.51. The summed E-state index contributed by atoms with van der Waals surface area (Å²) in [6.07, 6.45) is 1.73. The van der Waals surface area contributed by atoms with Crippen LogP contribution in [0.1, 0.15) is 26.2 Å². The van der Waals surface area contributed by atoms with Crippen LogP contribution < -0.4 is 5.32 Å². The Labute approximate surface area is 148 Å². The second-order valence-electron chi connectivity index (χ2n) is 5.97. The van der Waals surface area contributed by atoms with Gasteiger partial charge in [0.05, 0.1) is 4.90 Å². The molecule has 1 aliphatic heterocycles. The van der Waals surface area contributed by atoms with Gasteiger partial charge in [-0.3, -0.25) is 4.79 Å². The lowest BCUT2D eigenvalue weighted by atomic mass is 9.97. The lowest BCUT2D eigenvalue weighted by Crippen LogP contribution is -2.43. The molecule has 8 heteroatoms. The molecule has 0 bridgehead atoms. The van der Waals surface area contributed by atoms with Crippen molar-refractivity contribution in [3.8, 4) is 0 Å². The van der Waals surface area contributed by atoms with Gasteiger partial charge in [-0.15, -0.1) is 0 Å². The minimum atomic E-state index is -3.64. The van der Waals surface area contributed by atoms with E-state index in [1.807, 2.05) is 6.92 Å². The molecular weight excluding hydrogens is 347 g/mol. The summed E-state index contributed by atoms with van der Waals surface area (Å²) in [6, 6.07) is 4.80. The van der Waals surface area contributed by atoms with Crippen molar-refractivity contribution in [2.24, 2.45) is 5.92 Å². The quantitative estimate of drug-likeness (QED) is 0.706. The molecule has 1 heterocycles. The fourth-order valence-electron chi connectivity index (χ4n) is 2.79. The lowest BCUT2D eigenvalue weighted by Gasteiger charge is -2.30. The van der Waals surface area contributed by atoms with Gasteiger partial charge in [-0.2, -0.15) is 4.31 Å². The third-order valence-corrected chi connectivity index (χ3v) is 6.16. The molecule has 0 saturated carbocycles. The molecule has 25 heavy (non-hydrogen) atoms. The Morgan fingerprint density at radius 1 is 1.28 bits per heavy atom. The van der Waals surface area contributed by atoms with Crippen LogP contribution in [0.25, 0.3) is 0 Å². The Morgan fingerprint density at radius 2 is 1.92 bits per heavy atom. The summed E-state index contributed by atoms with van der Waals surface area (Å²) in [5.74, 6) is -0.680. The zero-order chi connectivity index (χ0) is 18.3. The summed E-state index contributed by atoms with van der Waals surface area (Å²) in [7, 11) is -3.64. The molecule has 1 saturated heterocycles. The van der Waals surface area contributed by atoms with Gasteiger partial charge in [0.25, 0.3) is 0 Å². The van der Waals surface area contributed by atoms with Crippen molar-refractivity contribution < 1.29 is 22.3 Å². The first-order valence-corrected chi connectivity index (χ1v) is 10.0. The Kier molecular flexibility index (Phi) is 7.34. The molecule has 0 aliphatic carbocycles. The Balaban J connectivity index is 1.82. The number of nitrogens with zero attached hydrogens (tertiary/aromatic N) is 1. The number of benzene rings is 1. The molecular formula is C17H25FN2O4S. The number of piperidine rings is 1. The predicted octanol–water partition coefficient (Wildman–Crippen LogP) is 1.77.